The summed E-state index contributed by atoms with van der Waals surface area (Å²) in [6.07, 6.45) is 4.75. The Morgan fingerprint density at radius 1 is 1.28 bits per heavy atom. The van der Waals surface area contributed by atoms with E-state index >= 15 is 0 Å². The fraction of sp³-hybridized carbons (Fsp3) is 0.400. The number of fused-ring (bicyclic) bond motifs is 1. The summed E-state index contributed by atoms with van der Waals surface area (Å²) < 4.78 is 6.91. The van der Waals surface area contributed by atoms with Crippen LogP contribution in [0.4, 0.5) is 0 Å². The van der Waals surface area contributed by atoms with Crippen LogP contribution < -0.4 is 0 Å². The molecule has 1 aliphatic rings. The molecule has 1 aliphatic heterocycles. The number of benzene rings is 1. The van der Waals surface area contributed by atoms with Gasteiger partial charge in [0, 0.05) is 22.7 Å². The monoisotopic (exact) mass is 357 g/mol. The SMILES string of the molecule is CCCc1ccc(C(=O)c2c(SC)cc3n2CCC3C(=O)OC)cc1. The van der Waals surface area contributed by atoms with Crippen molar-refractivity contribution in [2.24, 2.45) is 0 Å². The summed E-state index contributed by atoms with van der Waals surface area (Å²) in [6.45, 7) is 2.82. The van der Waals surface area contributed by atoms with Gasteiger partial charge in [-0.25, -0.2) is 0 Å². The second kappa shape index (κ2) is 7.48. The minimum Gasteiger partial charge on any atom is -0.469 e. The number of hydrogen-bond donors (Lipinski definition) is 0. The Morgan fingerprint density at radius 3 is 2.60 bits per heavy atom. The van der Waals surface area contributed by atoms with Crippen LogP contribution in [0.25, 0.3) is 0 Å². The number of carbonyl (C=O) groups is 2. The molecule has 2 heterocycles. The number of carbonyl (C=O) groups excluding carboxylic acids is 2. The van der Waals surface area contributed by atoms with Crippen LogP contribution in [0.2, 0.25) is 0 Å². The highest BCUT2D eigenvalue weighted by atomic mass is 32.2. The Kier molecular flexibility index (Phi) is 5.33. The van der Waals surface area contributed by atoms with Crippen LogP contribution in [0.3, 0.4) is 0 Å². The minimum absolute atomic E-state index is 0.0177. The van der Waals surface area contributed by atoms with E-state index in [1.165, 1.54) is 12.7 Å². The smallest absolute Gasteiger partial charge is 0.314 e. The zero-order chi connectivity index (χ0) is 18.0. The van der Waals surface area contributed by atoms with Crippen LogP contribution in [0.5, 0.6) is 0 Å². The Hall–Kier alpha value is -2.01. The van der Waals surface area contributed by atoms with Gasteiger partial charge in [0.15, 0.2) is 0 Å². The van der Waals surface area contributed by atoms with E-state index in [-0.39, 0.29) is 17.7 Å². The molecule has 0 bridgehead atoms. The van der Waals surface area contributed by atoms with E-state index in [9.17, 15) is 9.59 Å². The fourth-order valence-corrected chi connectivity index (χ4v) is 4.13. The maximum Gasteiger partial charge on any atom is 0.314 e. The number of hydrogen-bond acceptors (Lipinski definition) is 4. The maximum atomic E-state index is 13.1. The Morgan fingerprint density at radius 2 is 2.00 bits per heavy atom. The van der Waals surface area contributed by atoms with E-state index in [1.807, 2.05) is 41.2 Å². The summed E-state index contributed by atoms with van der Waals surface area (Å²) in [5.74, 6) is -0.486. The molecule has 1 aromatic carbocycles. The molecule has 0 fully saturated rings. The van der Waals surface area contributed by atoms with Crippen molar-refractivity contribution in [1.29, 1.82) is 0 Å². The first-order valence-corrected chi connectivity index (χ1v) is 9.82. The summed E-state index contributed by atoms with van der Waals surface area (Å²) in [5, 5.41) is 0. The normalized spacial score (nSPS) is 15.9. The molecule has 0 N–H and O–H groups in total. The molecule has 2 aromatic rings. The topological polar surface area (TPSA) is 48.3 Å². The second-order valence-electron chi connectivity index (χ2n) is 6.28. The number of aryl methyl sites for hydroxylation is 1. The summed E-state index contributed by atoms with van der Waals surface area (Å²) in [4.78, 5) is 26.0. The number of rotatable bonds is 6. The predicted octanol–water partition coefficient (Wildman–Crippen LogP) is 4.05. The van der Waals surface area contributed by atoms with Gasteiger partial charge < -0.3 is 9.30 Å². The van der Waals surface area contributed by atoms with E-state index < -0.39 is 0 Å². The zero-order valence-corrected chi connectivity index (χ0v) is 15.7. The molecule has 1 unspecified atom stereocenters. The fourth-order valence-electron chi connectivity index (χ4n) is 3.50. The summed E-state index contributed by atoms with van der Waals surface area (Å²) >= 11 is 1.54. The second-order valence-corrected chi connectivity index (χ2v) is 7.13. The van der Waals surface area contributed by atoms with Gasteiger partial charge in [0.1, 0.15) is 5.69 Å². The summed E-state index contributed by atoms with van der Waals surface area (Å²) in [5.41, 5.74) is 3.52. The Bertz CT molecular complexity index is 792. The zero-order valence-electron chi connectivity index (χ0n) is 14.9. The predicted molar refractivity (Wildman–Crippen MR) is 99.5 cm³/mol. The highest BCUT2D eigenvalue weighted by Gasteiger charge is 2.34. The molecule has 0 spiro atoms. The lowest BCUT2D eigenvalue weighted by Crippen LogP contribution is -2.12. The average molecular weight is 357 g/mol. The molecule has 0 aliphatic carbocycles. The number of nitrogens with zero attached hydrogens (tertiary/aromatic N) is 1. The number of aromatic nitrogens is 1. The number of ketones is 1. The van der Waals surface area contributed by atoms with Crippen LogP contribution >= 0.6 is 11.8 Å². The van der Waals surface area contributed by atoms with Crippen molar-refractivity contribution in [1.82, 2.24) is 4.57 Å². The van der Waals surface area contributed by atoms with Crippen molar-refractivity contribution in [3.05, 3.63) is 52.8 Å². The molecule has 1 atom stereocenters. The Balaban J connectivity index is 1.97. The molecule has 132 valence electrons. The lowest BCUT2D eigenvalue weighted by atomic mass is 10.0. The highest BCUT2D eigenvalue weighted by molar-refractivity contribution is 7.98. The number of ether oxygens (including phenoxy) is 1. The number of thioether (sulfide) groups is 1. The van der Waals surface area contributed by atoms with Crippen molar-refractivity contribution in [3.8, 4) is 0 Å². The van der Waals surface area contributed by atoms with E-state index in [4.69, 9.17) is 4.74 Å². The van der Waals surface area contributed by atoms with Crippen molar-refractivity contribution >= 4 is 23.5 Å². The van der Waals surface area contributed by atoms with Gasteiger partial charge in [-0.15, -0.1) is 11.8 Å². The standard InChI is InChI=1S/C20H23NO3S/c1-4-5-13-6-8-14(9-7-13)19(22)18-17(25-3)12-16-15(20(23)24-2)10-11-21(16)18/h6-9,12,15H,4-5,10-11H2,1-3H3. The largest absolute Gasteiger partial charge is 0.469 e. The minimum atomic E-state index is -0.274. The molecule has 5 heteroatoms. The summed E-state index contributed by atoms with van der Waals surface area (Å²) in [6, 6.07) is 9.84. The highest BCUT2D eigenvalue weighted by Crippen LogP contribution is 2.37. The van der Waals surface area contributed by atoms with Crippen molar-refractivity contribution < 1.29 is 14.3 Å². The van der Waals surface area contributed by atoms with Crippen LogP contribution in [0.1, 0.15) is 53.0 Å². The van der Waals surface area contributed by atoms with Crippen LogP contribution in [-0.4, -0.2) is 29.7 Å². The van der Waals surface area contributed by atoms with Gasteiger partial charge >= 0.3 is 5.97 Å². The van der Waals surface area contributed by atoms with E-state index in [1.54, 1.807) is 11.8 Å². The van der Waals surface area contributed by atoms with E-state index in [0.29, 0.717) is 24.2 Å². The molecule has 3 rings (SSSR count). The molecule has 0 amide bonds. The first-order valence-electron chi connectivity index (χ1n) is 8.59. The van der Waals surface area contributed by atoms with Gasteiger partial charge in [-0.05, 0) is 30.7 Å². The first-order chi connectivity index (χ1) is 12.1. The quantitative estimate of drug-likeness (QED) is 0.444. The van der Waals surface area contributed by atoms with E-state index in [2.05, 4.69) is 6.92 Å². The molecule has 25 heavy (non-hydrogen) atoms. The molecular formula is C20H23NO3S. The van der Waals surface area contributed by atoms with Gasteiger partial charge in [0.2, 0.25) is 5.78 Å². The number of methoxy groups -OCH3 is 1. The first kappa shape index (κ1) is 17.8. The van der Waals surface area contributed by atoms with Crippen molar-refractivity contribution in [3.63, 3.8) is 0 Å². The third kappa shape index (κ3) is 3.25. The van der Waals surface area contributed by atoms with Gasteiger partial charge in [0.05, 0.1) is 13.0 Å². The molecule has 1 aromatic heterocycles. The lowest BCUT2D eigenvalue weighted by Gasteiger charge is -2.08. The number of esters is 1. The average Bonchev–Trinajstić information content (AvgIpc) is 3.20. The Labute approximate surface area is 152 Å². The molecule has 4 nitrogen and oxygen atoms in total. The van der Waals surface area contributed by atoms with E-state index in [0.717, 1.165) is 23.4 Å². The van der Waals surface area contributed by atoms with Gasteiger partial charge in [0.25, 0.3) is 0 Å². The molecule has 0 saturated carbocycles. The van der Waals surface area contributed by atoms with Crippen molar-refractivity contribution in [2.75, 3.05) is 13.4 Å². The molecule has 0 radical (unpaired) electrons. The van der Waals surface area contributed by atoms with Crippen LogP contribution in [0.15, 0.2) is 35.2 Å². The van der Waals surface area contributed by atoms with Crippen molar-refractivity contribution in [2.45, 2.75) is 43.5 Å². The maximum absolute atomic E-state index is 13.1. The van der Waals surface area contributed by atoms with Gasteiger partial charge in [-0.2, -0.15) is 0 Å². The van der Waals surface area contributed by atoms with Crippen LogP contribution in [-0.2, 0) is 22.5 Å². The van der Waals surface area contributed by atoms with Gasteiger partial charge in [-0.3, -0.25) is 9.59 Å². The van der Waals surface area contributed by atoms with Crippen LogP contribution in [0, 0.1) is 0 Å². The third-order valence-corrected chi connectivity index (χ3v) is 5.52. The summed E-state index contributed by atoms with van der Waals surface area (Å²) in [7, 11) is 1.41. The molecule has 0 saturated heterocycles. The van der Waals surface area contributed by atoms with Gasteiger partial charge in [-0.1, -0.05) is 37.6 Å². The third-order valence-electron chi connectivity index (χ3n) is 4.77. The molecular weight excluding hydrogens is 334 g/mol. The lowest BCUT2D eigenvalue weighted by molar-refractivity contribution is -0.142.